The summed E-state index contributed by atoms with van der Waals surface area (Å²) in [4.78, 5) is 29.3. The molecular formula is C24H17F3N2O2. The molecule has 1 aliphatic heterocycles. The molecule has 1 heterocycles. The molecule has 0 N–H and O–H groups in total. The number of halogens is 3. The maximum atomic E-state index is 13.8. The van der Waals surface area contributed by atoms with E-state index >= 15 is 0 Å². The SMILES string of the molecule is CCN(C1=C(c2ccc(F)cc2)C(=O)N(c2ccc(F)c(F)c2)C1=O)c1ccccc1. The molecule has 3 aromatic rings. The van der Waals surface area contributed by atoms with Crippen molar-refractivity contribution in [1.29, 1.82) is 0 Å². The zero-order valence-corrected chi connectivity index (χ0v) is 16.5. The molecule has 0 aliphatic carbocycles. The fourth-order valence-electron chi connectivity index (χ4n) is 3.58. The van der Waals surface area contributed by atoms with Gasteiger partial charge in [0.25, 0.3) is 11.8 Å². The van der Waals surface area contributed by atoms with Crippen molar-refractivity contribution in [3.63, 3.8) is 0 Å². The Morgan fingerprint density at radius 3 is 2.10 bits per heavy atom. The van der Waals surface area contributed by atoms with Gasteiger partial charge in [0.2, 0.25) is 0 Å². The molecule has 0 saturated carbocycles. The first kappa shape index (κ1) is 20.4. The molecule has 0 spiro atoms. The van der Waals surface area contributed by atoms with Crippen LogP contribution >= 0.6 is 0 Å². The maximum absolute atomic E-state index is 13.8. The average molecular weight is 422 g/mol. The van der Waals surface area contributed by atoms with E-state index in [1.54, 1.807) is 29.2 Å². The number of anilines is 2. The monoisotopic (exact) mass is 422 g/mol. The number of rotatable bonds is 5. The largest absolute Gasteiger partial charge is 0.337 e. The van der Waals surface area contributed by atoms with Crippen LogP contribution in [-0.4, -0.2) is 18.4 Å². The lowest BCUT2D eigenvalue weighted by molar-refractivity contribution is -0.120. The summed E-state index contributed by atoms with van der Waals surface area (Å²) >= 11 is 0. The fraction of sp³-hybridized carbons (Fsp3) is 0.0833. The van der Waals surface area contributed by atoms with Crippen molar-refractivity contribution in [2.75, 3.05) is 16.3 Å². The highest BCUT2D eigenvalue weighted by Gasteiger charge is 2.42. The van der Waals surface area contributed by atoms with Gasteiger partial charge in [-0.05, 0) is 48.9 Å². The van der Waals surface area contributed by atoms with Crippen LogP contribution in [0.3, 0.4) is 0 Å². The number of likely N-dealkylation sites (N-methyl/N-ethyl adjacent to an activating group) is 1. The van der Waals surface area contributed by atoms with Gasteiger partial charge in [-0.1, -0.05) is 30.3 Å². The first-order chi connectivity index (χ1) is 14.9. The number of hydrogen-bond acceptors (Lipinski definition) is 3. The second kappa shape index (κ2) is 8.10. The molecule has 3 aromatic carbocycles. The van der Waals surface area contributed by atoms with Gasteiger partial charge in [-0.3, -0.25) is 9.59 Å². The lowest BCUT2D eigenvalue weighted by atomic mass is 10.0. The van der Waals surface area contributed by atoms with Gasteiger partial charge in [-0.2, -0.15) is 0 Å². The molecule has 4 nitrogen and oxygen atoms in total. The molecule has 0 bridgehead atoms. The van der Waals surface area contributed by atoms with E-state index in [1.165, 1.54) is 24.3 Å². The highest BCUT2D eigenvalue weighted by atomic mass is 19.2. The Kier molecular flexibility index (Phi) is 5.33. The van der Waals surface area contributed by atoms with Gasteiger partial charge in [-0.25, -0.2) is 18.1 Å². The van der Waals surface area contributed by atoms with Crippen LogP contribution in [0.5, 0.6) is 0 Å². The van der Waals surface area contributed by atoms with E-state index in [0.29, 0.717) is 17.8 Å². The van der Waals surface area contributed by atoms with E-state index in [4.69, 9.17) is 0 Å². The maximum Gasteiger partial charge on any atom is 0.282 e. The second-order valence-corrected chi connectivity index (χ2v) is 6.85. The van der Waals surface area contributed by atoms with Crippen LogP contribution in [0.15, 0.2) is 78.5 Å². The van der Waals surface area contributed by atoms with Gasteiger partial charge in [-0.15, -0.1) is 0 Å². The van der Waals surface area contributed by atoms with Crippen LogP contribution in [0.1, 0.15) is 12.5 Å². The number of imide groups is 1. The van der Waals surface area contributed by atoms with Crippen LogP contribution in [0, 0.1) is 17.5 Å². The van der Waals surface area contributed by atoms with E-state index in [0.717, 1.165) is 23.1 Å². The predicted molar refractivity (Wildman–Crippen MR) is 112 cm³/mol. The van der Waals surface area contributed by atoms with Crippen molar-refractivity contribution in [2.45, 2.75) is 6.92 Å². The van der Waals surface area contributed by atoms with Crippen molar-refractivity contribution in [1.82, 2.24) is 0 Å². The molecular weight excluding hydrogens is 405 g/mol. The highest BCUT2D eigenvalue weighted by Crippen LogP contribution is 2.37. The van der Waals surface area contributed by atoms with Gasteiger partial charge in [0.1, 0.15) is 11.5 Å². The van der Waals surface area contributed by atoms with E-state index < -0.39 is 29.3 Å². The summed E-state index contributed by atoms with van der Waals surface area (Å²) in [6.45, 7) is 2.18. The molecule has 0 unspecified atom stereocenters. The molecule has 0 saturated heterocycles. The summed E-state index contributed by atoms with van der Waals surface area (Å²) in [6.07, 6.45) is 0. The molecule has 0 radical (unpaired) electrons. The summed E-state index contributed by atoms with van der Waals surface area (Å²) in [5.41, 5.74) is 1.06. The van der Waals surface area contributed by atoms with Crippen molar-refractivity contribution in [2.24, 2.45) is 0 Å². The van der Waals surface area contributed by atoms with Gasteiger partial charge in [0.05, 0.1) is 11.3 Å². The number of carbonyl (C=O) groups excluding carboxylic acids is 2. The lowest BCUT2D eigenvalue weighted by Gasteiger charge is -2.25. The fourth-order valence-corrected chi connectivity index (χ4v) is 3.58. The smallest absolute Gasteiger partial charge is 0.282 e. The second-order valence-electron chi connectivity index (χ2n) is 6.85. The van der Waals surface area contributed by atoms with E-state index in [2.05, 4.69) is 0 Å². The Morgan fingerprint density at radius 2 is 1.48 bits per heavy atom. The summed E-state index contributed by atoms with van der Waals surface area (Å²) in [6, 6.07) is 17.0. The molecule has 31 heavy (non-hydrogen) atoms. The molecule has 0 atom stereocenters. The summed E-state index contributed by atoms with van der Waals surface area (Å²) < 4.78 is 40.8. The van der Waals surface area contributed by atoms with Gasteiger partial charge in [0.15, 0.2) is 11.6 Å². The van der Waals surface area contributed by atoms with E-state index in [1.807, 2.05) is 13.0 Å². The number of nitrogens with zero attached hydrogens (tertiary/aromatic N) is 2. The van der Waals surface area contributed by atoms with Crippen molar-refractivity contribution < 1.29 is 22.8 Å². The number of carbonyl (C=O) groups is 2. The van der Waals surface area contributed by atoms with Crippen LogP contribution < -0.4 is 9.80 Å². The van der Waals surface area contributed by atoms with E-state index in [9.17, 15) is 22.8 Å². The molecule has 4 rings (SSSR count). The standard InChI is InChI=1S/C24H17F3N2O2/c1-2-28(17-6-4-3-5-7-17)22-21(15-8-10-16(25)11-9-15)23(30)29(24(22)31)18-12-13-19(26)20(27)14-18/h3-14H,2H2,1H3. The van der Waals surface area contributed by atoms with Crippen LogP contribution in [-0.2, 0) is 9.59 Å². The molecule has 156 valence electrons. The number of hydrogen-bond donors (Lipinski definition) is 0. The Hall–Kier alpha value is -3.87. The van der Waals surface area contributed by atoms with Gasteiger partial charge < -0.3 is 4.90 Å². The van der Waals surface area contributed by atoms with Gasteiger partial charge in [0, 0.05) is 18.3 Å². The van der Waals surface area contributed by atoms with Crippen molar-refractivity contribution >= 4 is 28.8 Å². The average Bonchev–Trinajstić information content (AvgIpc) is 3.02. The third kappa shape index (κ3) is 3.59. The van der Waals surface area contributed by atoms with Crippen molar-refractivity contribution in [3.8, 4) is 0 Å². The molecule has 0 fully saturated rings. The molecule has 1 aliphatic rings. The zero-order chi connectivity index (χ0) is 22.1. The third-order valence-corrected chi connectivity index (χ3v) is 5.01. The lowest BCUT2D eigenvalue weighted by Crippen LogP contribution is -2.35. The Bertz CT molecular complexity index is 1190. The molecule has 7 heteroatoms. The van der Waals surface area contributed by atoms with Crippen molar-refractivity contribution in [3.05, 3.63) is 102 Å². The van der Waals surface area contributed by atoms with Crippen LogP contribution in [0.2, 0.25) is 0 Å². The number of para-hydroxylation sites is 1. The minimum absolute atomic E-state index is 0.0560. The Morgan fingerprint density at radius 1 is 0.806 bits per heavy atom. The quantitative estimate of drug-likeness (QED) is 0.549. The summed E-state index contributed by atoms with van der Waals surface area (Å²) in [7, 11) is 0. The van der Waals surface area contributed by atoms with Gasteiger partial charge >= 0.3 is 0 Å². The summed E-state index contributed by atoms with van der Waals surface area (Å²) in [5.74, 6) is -4.14. The number of amides is 2. The van der Waals surface area contributed by atoms with Crippen LogP contribution in [0.4, 0.5) is 24.5 Å². The summed E-state index contributed by atoms with van der Waals surface area (Å²) in [5, 5.41) is 0. The topological polar surface area (TPSA) is 40.6 Å². The Balaban J connectivity index is 1.91. The normalized spacial score (nSPS) is 13.9. The first-order valence-electron chi connectivity index (χ1n) is 9.59. The Labute approximate surface area is 176 Å². The third-order valence-electron chi connectivity index (χ3n) is 5.01. The van der Waals surface area contributed by atoms with E-state index in [-0.39, 0.29) is 17.0 Å². The predicted octanol–water partition coefficient (Wildman–Crippen LogP) is 4.91. The molecule has 0 aromatic heterocycles. The highest BCUT2D eigenvalue weighted by molar-refractivity contribution is 6.46. The van der Waals surface area contributed by atoms with Crippen LogP contribution in [0.25, 0.3) is 5.57 Å². The number of benzene rings is 3. The molecule has 2 amide bonds. The first-order valence-corrected chi connectivity index (χ1v) is 9.59. The minimum atomic E-state index is -1.18. The zero-order valence-electron chi connectivity index (χ0n) is 16.5. The minimum Gasteiger partial charge on any atom is -0.337 e.